The van der Waals surface area contributed by atoms with Gasteiger partial charge in [-0.15, -0.1) is 0 Å². The number of aryl methyl sites for hydroxylation is 2. The molecule has 5 rings (SSSR count). The standard InChI is InChI=1S/C18H14N4/c1-21-13-5-3-7-19-17(13)11-9-12-16(10-15(11)21)22(2)14-6-4-8-20-18(12)14/h3-10H,1-2H3. The fraction of sp³-hybridized carbons (Fsp3) is 0.111. The van der Waals surface area contributed by atoms with E-state index in [0.717, 1.165) is 22.1 Å². The van der Waals surface area contributed by atoms with E-state index in [9.17, 15) is 0 Å². The van der Waals surface area contributed by atoms with Crippen LogP contribution in [-0.2, 0) is 14.1 Å². The molecule has 0 bridgehead atoms. The number of nitrogens with zero attached hydrogens (tertiary/aromatic N) is 4. The predicted octanol–water partition coefficient (Wildman–Crippen LogP) is 3.77. The second kappa shape index (κ2) is 3.85. The molecule has 22 heavy (non-hydrogen) atoms. The van der Waals surface area contributed by atoms with Crippen molar-refractivity contribution in [3.63, 3.8) is 0 Å². The molecule has 0 N–H and O–H groups in total. The molecule has 0 fully saturated rings. The Hall–Kier alpha value is -2.88. The van der Waals surface area contributed by atoms with Crippen molar-refractivity contribution in [3.8, 4) is 0 Å². The average molecular weight is 286 g/mol. The minimum Gasteiger partial charge on any atom is -0.342 e. The fourth-order valence-corrected chi connectivity index (χ4v) is 3.52. The van der Waals surface area contributed by atoms with Crippen LogP contribution < -0.4 is 0 Å². The molecule has 1 aromatic carbocycles. The number of rotatable bonds is 0. The maximum Gasteiger partial charge on any atom is 0.0959 e. The van der Waals surface area contributed by atoms with E-state index in [2.05, 4.69) is 57.5 Å². The first-order valence-corrected chi connectivity index (χ1v) is 7.32. The number of aromatic nitrogens is 4. The smallest absolute Gasteiger partial charge is 0.0959 e. The molecule has 106 valence electrons. The van der Waals surface area contributed by atoms with E-state index in [-0.39, 0.29) is 0 Å². The van der Waals surface area contributed by atoms with Gasteiger partial charge >= 0.3 is 0 Å². The fourth-order valence-electron chi connectivity index (χ4n) is 3.52. The van der Waals surface area contributed by atoms with Gasteiger partial charge in [0.1, 0.15) is 0 Å². The van der Waals surface area contributed by atoms with E-state index in [1.54, 1.807) is 0 Å². The number of pyridine rings is 2. The summed E-state index contributed by atoms with van der Waals surface area (Å²) in [4.78, 5) is 9.15. The molecule has 4 nitrogen and oxygen atoms in total. The molecule has 0 unspecified atom stereocenters. The number of fused-ring (bicyclic) bond motifs is 6. The first kappa shape index (κ1) is 11.7. The molecule has 0 spiro atoms. The van der Waals surface area contributed by atoms with Crippen LogP contribution in [0, 0.1) is 0 Å². The van der Waals surface area contributed by atoms with Crippen molar-refractivity contribution in [2.24, 2.45) is 14.1 Å². The van der Waals surface area contributed by atoms with Crippen molar-refractivity contribution in [3.05, 3.63) is 48.8 Å². The second-order valence-corrected chi connectivity index (χ2v) is 5.75. The Morgan fingerprint density at radius 2 is 1.18 bits per heavy atom. The average Bonchev–Trinajstić information content (AvgIpc) is 3.01. The van der Waals surface area contributed by atoms with Crippen molar-refractivity contribution in [1.29, 1.82) is 0 Å². The molecule has 0 radical (unpaired) electrons. The largest absolute Gasteiger partial charge is 0.342 e. The van der Waals surface area contributed by atoms with Gasteiger partial charge in [0.25, 0.3) is 0 Å². The van der Waals surface area contributed by atoms with Crippen LogP contribution in [0.3, 0.4) is 0 Å². The molecule has 4 heteroatoms. The zero-order chi connectivity index (χ0) is 14.8. The van der Waals surface area contributed by atoms with Crippen molar-refractivity contribution in [2.45, 2.75) is 0 Å². The quantitative estimate of drug-likeness (QED) is 0.434. The van der Waals surface area contributed by atoms with E-state index in [1.807, 2.05) is 24.5 Å². The summed E-state index contributed by atoms with van der Waals surface area (Å²) in [5.74, 6) is 0. The molecular weight excluding hydrogens is 272 g/mol. The molecule has 0 atom stereocenters. The van der Waals surface area contributed by atoms with Gasteiger partial charge in [-0.2, -0.15) is 0 Å². The monoisotopic (exact) mass is 286 g/mol. The molecule has 0 aliphatic rings. The molecule has 5 aromatic rings. The summed E-state index contributed by atoms with van der Waals surface area (Å²) in [7, 11) is 4.19. The summed E-state index contributed by atoms with van der Waals surface area (Å²) in [5.41, 5.74) is 6.82. The molecule has 0 aliphatic carbocycles. The third-order valence-electron chi connectivity index (χ3n) is 4.64. The Labute approximate surface area is 126 Å². The van der Waals surface area contributed by atoms with E-state index in [0.29, 0.717) is 0 Å². The minimum atomic E-state index is 1.05. The summed E-state index contributed by atoms with van der Waals surface area (Å²) in [6.07, 6.45) is 3.71. The minimum absolute atomic E-state index is 1.05. The number of benzene rings is 1. The Balaban J connectivity index is 2.11. The normalized spacial score (nSPS) is 12.1. The molecule has 0 amide bonds. The molecule has 4 heterocycles. The highest BCUT2D eigenvalue weighted by Gasteiger charge is 2.14. The van der Waals surface area contributed by atoms with Crippen LogP contribution in [0.2, 0.25) is 0 Å². The number of hydrogen-bond acceptors (Lipinski definition) is 2. The summed E-state index contributed by atoms with van der Waals surface area (Å²) in [5, 5.41) is 2.37. The van der Waals surface area contributed by atoms with Gasteiger partial charge < -0.3 is 9.13 Å². The van der Waals surface area contributed by atoms with Crippen LogP contribution >= 0.6 is 0 Å². The zero-order valence-electron chi connectivity index (χ0n) is 12.4. The van der Waals surface area contributed by atoms with Crippen molar-refractivity contribution in [2.75, 3.05) is 0 Å². The van der Waals surface area contributed by atoms with Crippen molar-refractivity contribution >= 4 is 43.9 Å². The summed E-state index contributed by atoms with van der Waals surface area (Å²) in [6.45, 7) is 0. The van der Waals surface area contributed by atoms with Crippen molar-refractivity contribution < 1.29 is 0 Å². The predicted molar refractivity (Wildman–Crippen MR) is 90.0 cm³/mol. The molecule has 0 aliphatic heterocycles. The van der Waals surface area contributed by atoms with Gasteiger partial charge in [0.15, 0.2) is 0 Å². The second-order valence-electron chi connectivity index (χ2n) is 5.75. The highest BCUT2D eigenvalue weighted by molar-refractivity contribution is 6.16. The van der Waals surface area contributed by atoms with E-state index >= 15 is 0 Å². The van der Waals surface area contributed by atoms with Crippen LogP contribution in [0.5, 0.6) is 0 Å². The van der Waals surface area contributed by atoms with Crippen LogP contribution in [0.4, 0.5) is 0 Å². The first-order valence-electron chi connectivity index (χ1n) is 7.32. The lowest BCUT2D eigenvalue weighted by Gasteiger charge is -2.00. The summed E-state index contributed by atoms with van der Waals surface area (Å²) < 4.78 is 4.42. The van der Waals surface area contributed by atoms with Crippen LogP contribution in [-0.4, -0.2) is 19.1 Å². The van der Waals surface area contributed by atoms with Gasteiger partial charge in [-0.1, -0.05) is 0 Å². The highest BCUT2D eigenvalue weighted by atomic mass is 15.0. The van der Waals surface area contributed by atoms with Gasteiger partial charge in [-0.3, -0.25) is 9.97 Å². The van der Waals surface area contributed by atoms with Crippen LogP contribution in [0.25, 0.3) is 43.9 Å². The Morgan fingerprint density at radius 1 is 0.682 bits per heavy atom. The molecule has 0 saturated heterocycles. The molecular formula is C18H14N4. The SMILES string of the molecule is Cn1c2cc3c(cc2c2ncccc21)c1ncccc1n3C. The van der Waals surface area contributed by atoms with E-state index in [4.69, 9.17) is 0 Å². The Bertz CT molecular complexity index is 1100. The van der Waals surface area contributed by atoms with Crippen LogP contribution in [0.1, 0.15) is 0 Å². The van der Waals surface area contributed by atoms with Gasteiger partial charge in [0.2, 0.25) is 0 Å². The topological polar surface area (TPSA) is 35.6 Å². The number of hydrogen-bond donors (Lipinski definition) is 0. The van der Waals surface area contributed by atoms with Gasteiger partial charge in [-0.25, -0.2) is 0 Å². The summed E-state index contributed by atoms with van der Waals surface area (Å²) in [6, 6.07) is 12.7. The zero-order valence-corrected chi connectivity index (χ0v) is 12.4. The maximum absolute atomic E-state index is 4.58. The third kappa shape index (κ3) is 1.27. The van der Waals surface area contributed by atoms with Gasteiger partial charge in [0, 0.05) is 37.3 Å². The third-order valence-corrected chi connectivity index (χ3v) is 4.64. The lowest BCUT2D eigenvalue weighted by Crippen LogP contribution is -1.89. The maximum atomic E-state index is 4.58. The van der Waals surface area contributed by atoms with E-state index in [1.165, 1.54) is 21.8 Å². The lowest BCUT2D eigenvalue weighted by atomic mass is 10.1. The molecule has 4 aromatic heterocycles. The summed E-state index contributed by atoms with van der Waals surface area (Å²) >= 11 is 0. The Morgan fingerprint density at radius 3 is 1.68 bits per heavy atom. The van der Waals surface area contributed by atoms with Crippen LogP contribution in [0.15, 0.2) is 48.8 Å². The highest BCUT2D eigenvalue weighted by Crippen LogP contribution is 2.34. The van der Waals surface area contributed by atoms with E-state index < -0.39 is 0 Å². The lowest BCUT2D eigenvalue weighted by molar-refractivity contribution is 1.000. The van der Waals surface area contributed by atoms with Gasteiger partial charge in [-0.05, 0) is 36.4 Å². The van der Waals surface area contributed by atoms with Gasteiger partial charge in [0.05, 0.1) is 33.1 Å². The molecule has 0 saturated carbocycles. The Kier molecular flexibility index (Phi) is 2.06. The van der Waals surface area contributed by atoms with Crippen molar-refractivity contribution in [1.82, 2.24) is 19.1 Å². The first-order chi connectivity index (χ1) is 10.8.